The van der Waals surface area contributed by atoms with Crippen molar-refractivity contribution in [3.8, 4) is 11.3 Å². The summed E-state index contributed by atoms with van der Waals surface area (Å²) in [6, 6.07) is 16.1. The standard InChI is InChI=1S/C24H22NS.C5H8O2.Ir/c1-14-9-10-15(2)21-20(14)16(3)13-19-22(21)18-11-12-25-23(24(18)26-19)17-7-5-4-6-8-17;1-4(6)3-5(2)7;/h4-7,11-15H,9-10H2,1-3H3;3,6H,1-2H3;/q-1;;/b;4-3-;. The van der Waals surface area contributed by atoms with Gasteiger partial charge < -0.3 is 10.1 Å². The zero-order valence-electron chi connectivity index (χ0n) is 20.2. The predicted molar refractivity (Wildman–Crippen MR) is 139 cm³/mol. The van der Waals surface area contributed by atoms with Crippen molar-refractivity contribution in [2.45, 2.75) is 59.3 Å². The maximum absolute atomic E-state index is 10.0. The molecule has 179 valence electrons. The number of rotatable bonds is 2. The second-order valence-corrected chi connectivity index (χ2v) is 10.1. The summed E-state index contributed by atoms with van der Waals surface area (Å²) in [6.07, 6.45) is 5.72. The monoisotopic (exact) mass is 649 g/mol. The van der Waals surface area contributed by atoms with E-state index < -0.39 is 0 Å². The molecule has 0 saturated heterocycles. The molecule has 2 heterocycles. The van der Waals surface area contributed by atoms with Gasteiger partial charge in [0.25, 0.3) is 0 Å². The zero-order chi connectivity index (χ0) is 23.7. The molecule has 34 heavy (non-hydrogen) atoms. The van der Waals surface area contributed by atoms with Crippen molar-refractivity contribution in [1.29, 1.82) is 0 Å². The molecule has 5 rings (SSSR count). The molecule has 2 aromatic carbocycles. The summed E-state index contributed by atoms with van der Waals surface area (Å²) in [5.74, 6) is 1.22. The van der Waals surface area contributed by atoms with Gasteiger partial charge in [0.15, 0.2) is 5.78 Å². The molecular formula is C29H30IrNO2S-. The van der Waals surface area contributed by atoms with E-state index in [9.17, 15) is 4.79 Å². The van der Waals surface area contributed by atoms with E-state index >= 15 is 0 Å². The molecule has 2 aromatic heterocycles. The van der Waals surface area contributed by atoms with E-state index in [2.05, 4.69) is 51.1 Å². The fraction of sp³-hybridized carbons (Fsp3) is 0.310. The van der Waals surface area contributed by atoms with Crippen LogP contribution in [-0.2, 0) is 24.9 Å². The number of ketones is 1. The summed E-state index contributed by atoms with van der Waals surface area (Å²) in [4.78, 5) is 14.7. The van der Waals surface area contributed by atoms with Gasteiger partial charge in [0.05, 0.1) is 5.76 Å². The molecule has 1 radical (unpaired) electrons. The first kappa shape index (κ1) is 26.3. The molecular weight excluding hydrogens is 619 g/mol. The number of hydrogen-bond donors (Lipinski definition) is 1. The number of aryl methyl sites for hydroxylation is 1. The molecule has 0 amide bonds. The average molecular weight is 649 g/mol. The minimum atomic E-state index is -0.125. The third-order valence-electron chi connectivity index (χ3n) is 6.36. The molecule has 2 atom stereocenters. The van der Waals surface area contributed by atoms with Crippen LogP contribution in [0.15, 0.2) is 54.4 Å². The number of carbonyl (C=O) groups excluding carboxylic acids is 1. The van der Waals surface area contributed by atoms with Gasteiger partial charge in [-0.3, -0.25) is 4.79 Å². The number of nitrogens with zero attached hydrogens (tertiary/aromatic N) is 1. The van der Waals surface area contributed by atoms with Gasteiger partial charge in [0.2, 0.25) is 0 Å². The maximum Gasteiger partial charge on any atom is 0.155 e. The number of benzene rings is 2. The SMILES string of the molecule is CC(=O)/C=C(/C)O.Cc1cc2sc3c(-c4[c-]cccc4)nccc3c2c2c1C(C)CCC2C.[Ir]. The Bertz CT molecular complexity index is 1350. The first-order chi connectivity index (χ1) is 15.8. The molecule has 2 unspecified atom stereocenters. The first-order valence-electron chi connectivity index (χ1n) is 11.5. The van der Waals surface area contributed by atoms with Crippen molar-refractivity contribution in [2.75, 3.05) is 0 Å². The van der Waals surface area contributed by atoms with Crippen molar-refractivity contribution in [2.24, 2.45) is 0 Å². The molecule has 3 nitrogen and oxygen atoms in total. The van der Waals surface area contributed by atoms with E-state index in [0.717, 1.165) is 11.3 Å². The number of aliphatic hydroxyl groups excluding tert-OH is 1. The van der Waals surface area contributed by atoms with Crippen molar-refractivity contribution in [3.63, 3.8) is 0 Å². The second kappa shape index (κ2) is 10.9. The van der Waals surface area contributed by atoms with Crippen LogP contribution in [0.5, 0.6) is 0 Å². The molecule has 1 aliphatic rings. The normalized spacial score (nSPS) is 17.5. The van der Waals surface area contributed by atoms with Gasteiger partial charge in [-0.05, 0) is 79.7 Å². The Morgan fingerprint density at radius 3 is 2.44 bits per heavy atom. The van der Waals surface area contributed by atoms with Gasteiger partial charge in [-0.1, -0.05) is 13.8 Å². The van der Waals surface area contributed by atoms with Crippen LogP contribution in [0.1, 0.15) is 69.1 Å². The van der Waals surface area contributed by atoms with E-state index in [1.54, 1.807) is 11.1 Å². The number of thiophene rings is 1. The second-order valence-electron chi connectivity index (χ2n) is 9.08. The van der Waals surface area contributed by atoms with E-state index in [4.69, 9.17) is 10.1 Å². The molecule has 1 N–H and O–H groups in total. The summed E-state index contributed by atoms with van der Waals surface area (Å²) in [5, 5.41) is 11.2. The minimum Gasteiger partial charge on any atom is -0.512 e. The maximum atomic E-state index is 10.0. The Morgan fingerprint density at radius 1 is 1.15 bits per heavy atom. The fourth-order valence-electron chi connectivity index (χ4n) is 5.02. The van der Waals surface area contributed by atoms with Crippen LogP contribution in [-0.4, -0.2) is 15.9 Å². The molecule has 5 heteroatoms. The number of hydrogen-bond acceptors (Lipinski definition) is 4. The summed E-state index contributed by atoms with van der Waals surface area (Å²) in [5.41, 5.74) is 6.79. The quantitative estimate of drug-likeness (QED) is 0.135. The Kier molecular flexibility index (Phi) is 8.46. The van der Waals surface area contributed by atoms with Crippen LogP contribution >= 0.6 is 11.3 Å². The van der Waals surface area contributed by atoms with E-state index in [1.165, 1.54) is 58.5 Å². The molecule has 1 aliphatic carbocycles. The average Bonchev–Trinajstić information content (AvgIpc) is 3.14. The first-order valence-corrected chi connectivity index (χ1v) is 12.3. The van der Waals surface area contributed by atoms with Crippen LogP contribution in [0.3, 0.4) is 0 Å². The van der Waals surface area contributed by atoms with Crippen LogP contribution < -0.4 is 0 Å². The van der Waals surface area contributed by atoms with Crippen molar-refractivity contribution < 1.29 is 30.0 Å². The summed E-state index contributed by atoms with van der Waals surface area (Å²) in [7, 11) is 0. The smallest absolute Gasteiger partial charge is 0.155 e. The predicted octanol–water partition coefficient (Wildman–Crippen LogP) is 8.26. The summed E-state index contributed by atoms with van der Waals surface area (Å²) >= 11 is 1.89. The molecule has 4 aromatic rings. The van der Waals surface area contributed by atoms with Gasteiger partial charge in [0, 0.05) is 52.9 Å². The van der Waals surface area contributed by atoms with Crippen molar-refractivity contribution >= 4 is 37.3 Å². The van der Waals surface area contributed by atoms with Gasteiger partial charge in [-0.2, -0.15) is 0 Å². The van der Waals surface area contributed by atoms with Crippen molar-refractivity contribution in [3.05, 3.63) is 77.2 Å². The zero-order valence-corrected chi connectivity index (χ0v) is 23.4. The Labute approximate surface area is 219 Å². The molecule has 0 bridgehead atoms. The molecule has 0 aliphatic heterocycles. The number of fused-ring (bicyclic) bond motifs is 5. The number of pyridine rings is 1. The topological polar surface area (TPSA) is 50.2 Å². The molecule has 0 fully saturated rings. The Balaban J connectivity index is 0.000000357. The van der Waals surface area contributed by atoms with Gasteiger partial charge in [-0.25, -0.2) is 0 Å². The third kappa shape index (κ3) is 5.17. The Hall–Kier alpha value is -2.33. The van der Waals surface area contributed by atoms with Crippen LogP contribution in [0, 0.1) is 13.0 Å². The van der Waals surface area contributed by atoms with Crippen LogP contribution in [0.25, 0.3) is 31.4 Å². The number of aromatic nitrogens is 1. The van der Waals surface area contributed by atoms with Crippen LogP contribution in [0.4, 0.5) is 0 Å². The van der Waals surface area contributed by atoms with E-state index in [0.29, 0.717) is 11.8 Å². The number of carbonyl (C=O) groups is 1. The summed E-state index contributed by atoms with van der Waals surface area (Å²) in [6.45, 7) is 9.94. The minimum absolute atomic E-state index is 0. The third-order valence-corrected chi connectivity index (χ3v) is 7.52. The fourth-order valence-corrected chi connectivity index (χ4v) is 6.34. The van der Waals surface area contributed by atoms with E-state index in [1.807, 2.05) is 29.7 Å². The Morgan fingerprint density at radius 2 is 1.85 bits per heavy atom. The van der Waals surface area contributed by atoms with E-state index in [-0.39, 0.29) is 31.6 Å². The largest absolute Gasteiger partial charge is 0.512 e. The van der Waals surface area contributed by atoms with Crippen molar-refractivity contribution in [1.82, 2.24) is 4.98 Å². The molecule has 0 spiro atoms. The molecule has 0 saturated carbocycles. The number of aliphatic hydroxyl groups is 1. The van der Waals surface area contributed by atoms with Gasteiger partial charge >= 0.3 is 0 Å². The number of allylic oxidation sites excluding steroid dienone is 2. The van der Waals surface area contributed by atoms with Gasteiger partial charge in [-0.15, -0.1) is 47.2 Å². The van der Waals surface area contributed by atoms with Gasteiger partial charge in [0.1, 0.15) is 0 Å². The van der Waals surface area contributed by atoms with Crippen LogP contribution in [0.2, 0.25) is 0 Å². The summed E-state index contributed by atoms with van der Waals surface area (Å²) < 4.78 is 2.70.